The number of aromatic nitrogens is 1. The van der Waals surface area contributed by atoms with Crippen LogP contribution in [0.25, 0.3) is 0 Å². The summed E-state index contributed by atoms with van der Waals surface area (Å²) in [5.41, 5.74) is 2.12. The van der Waals surface area contributed by atoms with Crippen LogP contribution in [0.15, 0.2) is 18.5 Å². The molecule has 0 amide bonds. The third-order valence-corrected chi connectivity index (χ3v) is 2.17. The highest BCUT2D eigenvalue weighted by Gasteiger charge is 2.03. The van der Waals surface area contributed by atoms with Crippen LogP contribution in [0.3, 0.4) is 0 Å². The Bertz CT molecular complexity index is 312. The van der Waals surface area contributed by atoms with Crippen LogP contribution in [0.4, 0.5) is 11.4 Å². The van der Waals surface area contributed by atoms with E-state index in [9.17, 15) is 0 Å². The van der Waals surface area contributed by atoms with Crippen LogP contribution in [0.2, 0.25) is 0 Å². The Balaban J connectivity index is 2.55. The van der Waals surface area contributed by atoms with E-state index >= 15 is 0 Å². The van der Waals surface area contributed by atoms with Gasteiger partial charge >= 0.3 is 0 Å². The van der Waals surface area contributed by atoms with Crippen molar-refractivity contribution in [3.05, 3.63) is 18.5 Å². The lowest BCUT2D eigenvalue weighted by molar-refractivity contribution is 0.392. The van der Waals surface area contributed by atoms with E-state index in [1.165, 1.54) is 0 Å². The minimum atomic E-state index is 0.411. The van der Waals surface area contributed by atoms with Crippen molar-refractivity contribution in [1.29, 1.82) is 0 Å². The Labute approximate surface area is 98.1 Å². The minimum Gasteiger partial charge on any atom is -0.384 e. The molecule has 0 radical (unpaired) electrons. The highest BCUT2D eigenvalue weighted by Crippen LogP contribution is 2.13. The number of pyridine rings is 1. The third kappa shape index (κ3) is 4.49. The van der Waals surface area contributed by atoms with Crippen molar-refractivity contribution in [1.82, 2.24) is 9.88 Å². The van der Waals surface area contributed by atoms with Gasteiger partial charge in [0.1, 0.15) is 0 Å². The molecule has 16 heavy (non-hydrogen) atoms. The maximum atomic E-state index is 4.20. The molecule has 1 rings (SSSR count). The summed E-state index contributed by atoms with van der Waals surface area (Å²) in [7, 11) is 4.15. The number of rotatable bonds is 6. The van der Waals surface area contributed by atoms with Gasteiger partial charge in [0, 0.05) is 19.1 Å². The molecule has 0 aromatic carbocycles. The number of hydrogen-bond donors (Lipinski definition) is 2. The fourth-order valence-corrected chi connectivity index (χ4v) is 1.70. The fraction of sp³-hybridized carbons (Fsp3) is 0.583. The minimum absolute atomic E-state index is 0.411. The van der Waals surface area contributed by atoms with E-state index < -0.39 is 0 Å². The van der Waals surface area contributed by atoms with E-state index in [0.717, 1.165) is 24.5 Å². The molecule has 0 fully saturated rings. The summed E-state index contributed by atoms with van der Waals surface area (Å²) in [5.74, 6) is 0. The molecule has 0 saturated heterocycles. The van der Waals surface area contributed by atoms with E-state index in [4.69, 9.17) is 0 Å². The molecule has 0 aliphatic carbocycles. The maximum Gasteiger partial charge on any atom is 0.0549 e. The highest BCUT2D eigenvalue weighted by atomic mass is 15.1. The van der Waals surface area contributed by atoms with E-state index in [0.29, 0.717) is 6.04 Å². The largest absolute Gasteiger partial charge is 0.384 e. The molecule has 0 spiro atoms. The first-order valence-electron chi connectivity index (χ1n) is 5.72. The predicted octanol–water partition coefficient (Wildman–Crippen LogP) is 1.88. The molecule has 1 atom stereocenters. The molecule has 1 aromatic heterocycles. The topological polar surface area (TPSA) is 40.2 Å². The number of likely N-dealkylation sites (N-methyl/N-ethyl adjacent to an activating group) is 1. The average Bonchev–Trinajstić information content (AvgIpc) is 2.17. The van der Waals surface area contributed by atoms with Crippen LogP contribution in [0.1, 0.15) is 13.8 Å². The van der Waals surface area contributed by atoms with Crippen LogP contribution >= 0.6 is 0 Å². The molecule has 1 unspecified atom stereocenters. The second-order valence-corrected chi connectivity index (χ2v) is 4.30. The molecule has 90 valence electrons. The first kappa shape index (κ1) is 12.8. The molecule has 0 aliphatic rings. The summed E-state index contributed by atoms with van der Waals surface area (Å²) in [5, 5.41) is 6.68. The number of hydrogen-bond acceptors (Lipinski definition) is 4. The lowest BCUT2D eigenvalue weighted by Gasteiger charge is -2.19. The van der Waals surface area contributed by atoms with Crippen molar-refractivity contribution in [3.63, 3.8) is 0 Å². The van der Waals surface area contributed by atoms with Gasteiger partial charge in [-0.15, -0.1) is 0 Å². The highest BCUT2D eigenvalue weighted by molar-refractivity contribution is 5.54. The quantitative estimate of drug-likeness (QED) is 0.771. The van der Waals surface area contributed by atoms with Gasteiger partial charge in [-0.3, -0.25) is 4.98 Å². The van der Waals surface area contributed by atoms with Crippen molar-refractivity contribution in [2.24, 2.45) is 0 Å². The van der Waals surface area contributed by atoms with Gasteiger partial charge in [-0.25, -0.2) is 0 Å². The van der Waals surface area contributed by atoms with Gasteiger partial charge in [0.2, 0.25) is 0 Å². The number of nitrogens with one attached hydrogen (secondary N) is 2. The molecule has 0 aliphatic heterocycles. The Morgan fingerprint density at radius 1 is 1.31 bits per heavy atom. The van der Waals surface area contributed by atoms with Gasteiger partial charge in [0.25, 0.3) is 0 Å². The van der Waals surface area contributed by atoms with Crippen LogP contribution in [-0.2, 0) is 0 Å². The summed E-state index contributed by atoms with van der Waals surface area (Å²) in [6, 6.07) is 2.50. The van der Waals surface area contributed by atoms with Gasteiger partial charge < -0.3 is 15.5 Å². The molecule has 4 heteroatoms. The average molecular weight is 222 g/mol. The lowest BCUT2D eigenvalue weighted by Crippen LogP contribution is -2.29. The summed E-state index contributed by atoms with van der Waals surface area (Å²) in [4.78, 5) is 6.36. The van der Waals surface area contributed by atoms with Gasteiger partial charge in [0.05, 0.1) is 23.8 Å². The smallest absolute Gasteiger partial charge is 0.0549 e. The summed E-state index contributed by atoms with van der Waals surface area (Å²) < 4.78 is 0. The standard InChI is InChI=1S/C12H22N4/c1-5-14-11-6-12(8-13-7-11)15-10(2)9-16(3)4/h6-8,10,14-15H,5,9H2,1-4H3. The van der Waals surface area contributed by atoms with Crippen molar-refractivity contribution < 1.29 is 0 Å². The first-order valence-corrected chi connectivity index (χ1v) is 5.72. The second kappa shape index (κ2) is 6.33. The zero-order valence-corrected chi connectivity index (χ0v) is 10.6. The van der Waals surface area contributed by atoms with Crippen molar-refractivity contribution in [2.45, 2.75) is 19.9 Å². The maximum absolute atomic E-state index is 4.20. The molecular weight excluding hydrogens is 200 g/mol. The zero-order valence-electron chi connectivity index (χ0n) is 10.6. The molecule has 2 N–H and O–H groups in total. The Morgan fingerprint density at radius 2 is 2.00 bits per heavy atom. The summed E-state index contributed by atoms with van der Waals surface area (Å²) in [6.45, 7) is 6.17. The van der Waals surface area contributed by atoms with Gasteiger partial charge in [-0.2, -0.15) is 0 Å². The van der Waals surface area contributed by atoms with Crippen molar-refractivity contribution in [3.8, 4) is 0 Å². The molecular formula is C12H22N4. The molecule has 4 nitrogen and oxygen atoms in total. The Hall–Kier alpha value is -1.29. The monoisotopic (exact) mass is 222 g/mol. The van der Waals surface area contributed by atoms with E-state index in [1.807, 2.05) is 12.4 Å². The predicted molar refractivity (Wildman–Crippen MR) is 70.0 cm³/mol. The molecule has 0 bridgehead atoms. The molecule has 1 aromatic rings. The molecule has 0 saturated carbocycles. The molecule has 1 heterocycles. The van der Waals surface area contributed by atoms with E-state index in [-0.39, 0.29) is 0 Å². The van der Waals surface area contributed by atoms with Crippen LogP contribution in [-0.4, -0.2) is 43.1 Å². The first-order chi connectivity index (χ1) is 7.61. The Morgan fingerprint density at radius 3 is 2.62 bits per heavy atom. The summed E-state index contributed by atoms with van der Waals surface area (Å²) >= 11 is 0. The summed E-state index contributed by atoms with van der Waals surface area (Å²) in [6.07, 6.45) is 3.69. The number of anilines is 2. The van der Waals surface area contributed by atoms with Crippen LogP contribution in [0.5, 0.6) is 0 Å². The van der Waals surface area contributed by atoms with Crippen molar-refractivity contribution >= 4 is 11.4 Å². The third-order valence-electron chi connectivity index (χ3n) is 2.17. The van der Waals surface area contributed by atoms with Gasteiger partial charge in [0.15, 0.2) is 0 Å². The normalized spacial score (nSPS) is 12.6. The zero-order chi connectivity index (χ0) is 12.0. The number of nitrogens with zero attached hydrogens (tertiary/aromatic N) is 2. The lowest BCUT2D eigenvalue weighted by atomic mass is 10.3. The van der Waals surface area contributed by atoms with Crippen LogP contribution in [0, 0.1) is 0 Å². The van der Waals surface area contributed by atoms with Crippen molar-refractivity contribution in [2.75, 3.05) is 37.8 Å². The van der Waals surface area contributed by atoms with E-state index in [1.54, 1.807) is 0 Å². The van der Waals surface area contributed by atoms with Crippen LogP contribution < -0.4 is 10.6 Å². The SMILES string of the molecule is CCNc1cncc(NC(C)CN(C)C)c1. The Kier molecular flexibility index (Phi) is 5.05. The van der Waals surface area contributed by atoms with Gasteiger partial charge in [-0.05, 0) is 34.0 Å². The van der Waals surface area contributed by atoms with Gasteiger partial charge in [-0.1, -0.05) is 0 Å². The second-order valence-electron chi connectivity index (χ2n) is 4.30. The van der Waals surface area contributed by atoms with E-state index in [2.05, 4.69) is 54.5 Å². The fourth-order valence-electron chi connectivity index (χ4n) is 1.70.